The Kier molecular flexibility index (Phi) is 7.38. The van der Waals surface area contributed by atoms with E-state index in [0.717, 1.165) is 16.6 Å². The van der Waals surface area contributed by atoms with Crippen molar-refractivity contribution >= 4 is 44.2 Å². The number of piperidine rings is 1. The number of carbonyl (C=O) groups is 1. The first kappa shape index (κ1) is 27.8. The average molecular weight is 570 g/mol. The van der Waals surface area contributed by atoms with Gasteiger partial charge in [0.1, 0.15) is 23.9 Å². The van der Waals surface area contributed by atoms with Gasteiger partial charge >= 0.3 is 6.09 Å². The molecule has 1 saturated heterocycles. The molecule has 0 saturated carbocycles. The zero-order valence-electron chi connectivity index (χ0n) is 23.4. The van der Waals surface area contributed by atoms with Crippen molar-refractivity contribution in [2.45, 2.75) is 51.7 Å². The van der Waals surface area contributed by atoms with Gasteiger partial charge in [-0.25, -0.2) is 23.2 Å². The largest absolute Gasteiger partial charge is 0.493 e. The van der Waals surface area contributed by atoms with E-state index < -0.39 is 15.6 Å². The van der Waals surface area contributed by atoms with Crippen molar-refractivity contribution < 1.29 is 27.4 Å². The Morgan fingerprint density at radius 1 is 1.05 bits per heavy atom. The summed E-state index contributed by atoms with van der Waals surface area (Å²) in [4.78, 5) is 23.0. The van der Waals surface area contributed by atoms with E-state index in [2.05, 4.69) is 15.3 Å². The van der Waals surface area contributed by atoms with Crippen LogP contribution in [0.1, 0.15) is 39.2 Å². The van der Waals surface area contributed by atoms with Crippen LogP contribution in [0.25, 0.3) is 10.9 Å². The van der Waals surface area contributed by atoms with E-state index in [1.165, 1.54) is 16.9 Å². The molecule has 3 heterocycles. The average Bonchev–Trinajstić information content (AvgIpc) is 3.32. The van der Waals surface area contributed by atoms with Crippen LogP contribution >= 0.6 is 0 Å². The Morgan fingerprint density at radius 3 is 2.48 bits per heavy atom. The first-order chi connectivity index (χ1) is 18.9. The second-order valence-corrected chi connectivity index (χ2v) is 13.0. The first-order valence-corrected chi connectivity index (χ1v) is 15.1. The van der Waals surface area contributed by atoms with E-state index in [1.54, 1.807) is 12.0 Å². The van der Waals surface area contributed by atoms with Crippen LogP contribution in [-0.4, -0.2) is 74.1 Å². The fourth-order valence-electron chi connectivity index (χ4n) is 5.01. The highest BCUT2D eigenvalue weighted by Gasteiger charge is 2.29. The van der Waals surface area contributed by atoms with Crippen LogP contribution in [0, 0.1) is 0 Å². The van der Waals surface area contributed by atoms with E-state index in [0.29, 0.717) is 67.4 Å². The van der Waals surface area contributed by atoms with Crippen LogP contribution in [0.3, 0.4) is 0 Å². The lowest BCUT2D eigenvalue weighted by Gasteiger charge is -2.33. The number of nitrogens with zero attached hydrogens (tertiary/aromatic N) is 4. The van der Waals surface area contributed by atoms with Crippen molar-refractivity contribution in [3.63, 3.8) is 0 Å². The molecule has 0 atom stereocenters. The molecule has 11 nitrogen and oxygen atoms in total. The Bertz CT molecular complexity index is 1530. The Morgan fingerprint density at radius 2 is 1.80 bits per heavy atom. The fourth-order valence-corrected chi connectivity index (χ4v) is 5.97. The first-order valence-electron chi connectivity index (χ1n) is 13.3. The van der Waals surface area contributed by atoms with Crippen LogP contribution in [0.15, 0.2) is 36.7 Å². The van der Waals surface area contributed by atoms with Crippen molar-refractivity contribution in [1.82, 2.24) is 14.9 Å². The van der Waals surface area contributed by atoms with Crippen LogP contribution in [-0.2, 0) is 21.2 Å². The van der Waals surface area contributed by atoms with Crippen molar-refractivity contribution in [2.24, 2.45) is 0 Å². The SMILES string of the molecule is COc1cc2ncnc(Nc3ccc4c(c3)CCN4S(C)(=O)=O)c2cc1OC1CCN(C(=O)OC(C)(C)C)CC1. The maximum absolute atomic E-state index is 12.4. The number of hydrogen-bond donors (Lipinski definition) is 1. The summed E-state index contributed by atoms with van der Waals surface area (Å²) in [7, 11) is -1.73. The molecule has 0 aliphatic carbocycles. The number of rotatable bonds is 6. The molecule has 5 rings (SSSR count). The number of fused-ring (bicyclic) bond motifs is 2. The molecule has 2 aliphatic heterocycles. The molecule has 1 amide bonds. The lowest BCUT2D eigenvalue weighted by Crippen LogP contribution is -2.44. The minimum atomic E-state index is -3.31. The highest BCUT2D eigenvalue weighted by Crippen LogP contribution is 2.37. The van der Waals surface area contributed by atoms with Crippen LogP contribution in [0.2, 0.25) is 0 Å². The summed E-state index contributed by atoms with van der Waals surface area (Å²) >= 11 is 0. The number of methoxy groups -OCH3 is 1. The maximum Gasteiger partial charge on any atom is 0.410 e. The van der Waals surface area contributed by atoms with Gasteiger partial charge in [-0.05, 0) is 57.0 Å². The summed E-state index contributed by atoms with van der Waals surface area (Å²) in [5.74, 6) is 1.72. The normalized spacial score (nSPS) is 16.1. The second kappa shape index (κ2) is 10.6. The number of benzene rings is 2. The third kappa shape index (κ3) is 6.01. The number of nitrogens with one attached hydrogen (secondary N) is 1. The molecule has 1 fully saturated rings. The predicted molar refractivity (Wildman–Crippen MR) is 153 cm³/mol. The van der Waals surface area contributed by atoms with Gasteiger partial charge in [0.2, 0.25) is 10.0 Å². The number of anilines is 3. The highest BCUT2D eigenvalue weighted by molar-refractivity contribution is 7.92. The summed E-state index contributed by atoms with van der Waals surface area (Å²) < 4.78 is 43.1. The zero-order valence-corrected chi connectivity index (χ0v) is 24.2. The molecule has 12 heteroatoms. The van der Waals surface area contributed by atoms with Crippen molar-refractivity contribution in [3.8, 4) is 11.5 Å². The van der Waals surface area contributed by atoms with Gasteiger partial charge in [-0.15, -0.1) is 0 Å². The minimum absolute atomic E-state index is 0.0967. The molecule has 0 spiro atoms. The molecule has 0 radical (unpaired) electrons. The molecular formula is C28H35N5O6S. The molecule has 1 aromatic heterocycles. The summed E-state index contributed by atoms with van der Waals surface area (Å²) in [6.45, 7) is 7.09. The molecule has 0 unspecified atom stereocenters. The fraction of sp³-hybridized carbons (Fsp3) is 0.464. The highest BCUT2D eigenvalue weighted by atomic mass is 32.2. The maximum atomic E-state index is 12.4. The third-order valence-electron chi connectivity index (χ3n) is 6.90. The molecule has 3 aromatic rings. The van der Waals surface area contributed by atoms with Crippen molar-refractivity contribution in [2.75, 3.05) is 42.6 Å². The number of amides is 1. The predicted octanol–water partition coefficient (Wildman–Crippen LogP) is 4.48. The lowest BCUT2D eigenvalue weighted by molar-refractivity contribution is 0.0124. The van der Waals surface area contributed by atoms with Crippen LogP contribution in [0.5, 0.6) is 11.5 Å². The van der Waals surface area contributed by atoms with Crippen molar-refractivity contribution in [1.29, 1.82) is 0 Å². The third-order valence-corrected chi connectivity index (χ3v) is 8.08. The molecule has 214 valence electrons. The zero-order chi connectivity index (χ0) is 28.7. The molecule has 0 bridgehead atoms. The summed E-state index contributed by atoms with van der Waals surface area (Å²) in [5.41, 5.74) is 2.61. The number of carbonyl (C=O) groups excluding carboxylic acids is 1. The topological polar surface area (TPSA) is 123 Å². The van der Waals surface area contributed by atoms with Gasteiger partial charge in [0.15, 0.2) is 11.5 Å². The standard InChI is InChI=1S/C28H35N5O6S/c1-28(2,3)39-27(34)32-11-9-20(10-12-32)38-25-15-21-22(16-24(25)37-4)29-17-30-26(21)31-19-6-7-23-18(14-19)8-13-33(23)40(5,35)36/h6-7,14-17,20H,8-13H2,1-5H3,(H,29,30,31). The minimum Gasteiger partial charge on any atom is -0.493 e. The molecule has 2 aromatic carbocycles. The van der Waals surface area contributed by atoms with Gasteiger partial charge in [-0.1, -0.05) is 0 Å². The summed E-state index contributed by atoms with van der Waals surface area (Å²) in [5, 5.41) is 4.11. The number of aromatic nitrogens is 2. The number of likely N-dealkylation sites (tertiary alicyclic amines) is 1. The van der Waals surface area contributed by atoms with E-state index in [4.69, 9.17) is 14.2 Å². The number of hydrogen-bond acceptors (Lipinski definition) is 9. The number of ether oxygens (including phenoxy) is 3. The Labute approximate surface area is 234 Å². The van der Waals surface area contributed by atoms with Crippen LogP contribution in [0.4, 0.5) is 22.0 Å². The van der Waals surface area contributed by atoms with Crippen LogP contribution < -0.4 is 19.1 Å². The second-order valence-electron chi connectivity index (χ2n) is 11.1. The number of sulfonamides is 1. The van der Waals surface area contributed by atoms with Gasteiger partial charge in [0.25, 0.3) is 0 Å². The van der Waals surface area contributed by atoms with E-state index in [9.17, 15) is 13.2 Å². The van der Waals surface area contributed by atoms with E-state index >= 15 is 0 Å². The monoisotopic (exact) mass is 569 g/mol. The van der Waals surface area contributed by atoms with E-state index in [-0.39, 0.29) is 12.2 Å². The van der Waals surface area contributed by atoms with E-state index in [1.807, 2.05) is 51.1 Å². The molecule has 40 heavy (non-hydrogen) atoms. The summed E-state index contributed by atoms with van der Waals surface area (Å²) in [6, 6.07) is 9.30. The van der Waals surface area contributed by atoms with Crippen molar-refractivity contribution in [3.05, 3.63) is 42.2 Å². The summed E-state index contributed by atoms with van der Waals surface area (Å²) in [6.07, 6.45) is 4.27. The van der Waals surface area contributed by atoms with Gasteiger partial charge < -0.3 is 24.4 Å². The van der Waals surface area contributed by atoms with Gasteiger partial charge in [-0.2, -0.15) is 0 Å². The Balaban J connectivity index is 1.34. The lowest BCUT2D eigenvalue weighted by atomic mass is 10.1. The molecular weight excluding hydrogens is 534 g/mol. The van der Waals surface area contributed by atoms with Gasteiger partial charge in [-0.3, -0.25) is 4.31 Å². The quantitative estimate of drug-likeness (QED) is 0.458. The van der Waals surface area contributed by atoms with Gasteiger partial charge in [0.05, 0.1) is 24.6 Å². The Hall–Kier alpha value is -3.80. The van der Waals surface area contributed by atoms with Gasteiger partial charge in [0, 0.05) is 49.6 Å². The smallest absolute Gasteiger partial charge is 0.410 e. The molecule has 1 N–H and O–H groups in total. The molecule has 2 aliphatic rings.